The van der Waals surface area contributed by atoms with Gasteiger partial charge >= 0.3 is 20.1 Å². The third-order valence-corrected chi connectivity index (χ3v) is 9.16. The van der Waals surface area contributed by atoms with Crippen molar-refractivity contribution in [3.05, 3.63) is 173 Å². The third-order valence-electron chi connectivity index (χ3n) is 9.16. The van der Waals surface area contributed by atoms with Crippen LogP contribution in [-0.4, -0.2) is 15.0 Å². The van der Waals surface area contributed by atoms with Crippen molar-refractivity contribution in [3.8, 4) is 33.8 Å². The first-order valence-electron chi connectivity index (χ1n) is 17.8. The van der Waals surface area contributed by atoms with Crippen LogP contribution in [0.1, 0.15) is 47.2 Å². The molecular formula is C48H44IrN3O. The van der Waals surface area contributed by atoms with E-state index >= 15 is 0 Å². The van der Waals surface area contributed by atoms with E-state index < -0.39 is 0 Å². The van der Waals surface area contributed by atoms with Crippen molar-refractivity contribution >= 4 is 21.9 Å². The first kappa shape index (κ1) is 39.0. The van der Waals surface area contributed by atoms with Crippen LogP contribution in [0.25, 0.3) is 55.7 Å². The van der Waals surface area contributed by atoms with Crippen LogP contribution in [0.15, 0.2) is 126 Å². The van der Waals surface area contributed by atoms with Crippen LogP contribution in [0.2, 0.25) is 0 Å². The molecule has 0 bridgehead atoms. The van der Waals surface area contributed by atoms with Crippen molar-refractivity contribution < 1.29 is 24.5 Å². The molecule has 0 saturated heterocycles. The Balaban J connectivity index is 0.000000162. The van der Waals surface area contributed by atoms with Crippen molar-refractivity contribution in [1.82, 2.24) is 15.0 Å². The van der Waals surface area contributed by atoms with Gasteiger partial charge in [0.1, 0.15) is 5.58 Å². The van der Waals surface area contributed by atoms with Crippen LogP contribution >= 0.6 is 0 Å². The summed E-state index contributed by atoms with van der Waals surface area (Å²) >= 11 is 0. The molecule has 0 aliphatic rings. The van der Waals surface area contributed by atoms with Crippen LogP contribution < -0.4 is 0 Å². The van der Waals surface area contributed by atoms with Crippen molar-refractivity contribution in [2.24, 2.45) is 5.92 Å². The molecule has 0 saturated carbocycles. The molecule has 0 N–H and O–H groups in total. The van der Waals surface area contributed by atoms with E-state index in [1.807, 2.05) is 91.4 Å². The van der Waals surface area contributed by atoms with Gasteiger partial charge in [0, 0.05) is 24.0 Å². The van der Waals surface area contributed by atoms with Crippen molar-refractivity contribution in [2.45, 2.75) is 54.9 Å². The third kappa shape index (κ3) is 9.61. The molecule has 0 spiro atoms. The number of para-hydroxylation sites is 1. The van der Waals surface area contributed by atoms with E-state index in [4.69, 9.17) is 9.40 Å². The van der Waals surface area contributed by atoms with E-state index in [0.29, 0.717) is 5.92 Å². The monoisotopic (exact) mass is 871 g/mol. The second-order valence-electron chi connectivity index (χ2n) is 13.6. The van der Waals surface area contributed by atoms with Gasteiger partial charge in [0.2, 0.25) is 0 Å². The summed E-state index contributed by atoms with van der Waals surface area (Å²) < 4.78 is 6.10. The first-order chi connectivity index (χ1) is 25.2. The fourth-order valence-electron chi connectivity index (χ4n) is 5.90. The zero-order valence-corrected chi connectivity index (χ0v) is 33.8. The fraction of sp³-hybridized carbons (Fsp3) is 0.188. The van der Waals surface area contributed by atoms with Gasteiger partial charge in [0.15, 0.2) is 0 Å². The summed E-state index contributed by atoms with van der Waals surface area (Å²) in [6.45, 7) is 15.0. The summed E-state index contributed by atoms with van der Waals surface area (Å²) in [5.41, 5.74) is 15.3. The molecule has 0 amide bonds. The Labute approximate surface area is 327 Å². The van der Waals surface area contributed by atoms with Gasteiger partial charge in [0.05, 0.1) is 5.58 Å². The van der Waals surface area contributed by atoms with E-state index in [1.165, 1.54) is 33.4 Å². The summed E-state index contributed by atoms with van der Waals surface area (Å²) in [6.07, 6.45) is 6.87. The summed E-state index contributed by atoms with van der Waals surface area (Å²) in [5.74, 6) is 0.627. The summed E-state index contributed by atoms with van der Waals surface area (Å²) in [5, 5.41) is 2.25. The average molecular weight is 871 g/mol. The molecule has 4 heterocycles. The Morgan fingerprint density at radius 3 is 1.62 bits per heavy atom. The molecule has 0 fully saturated rings. The van der Waals surface area contributed by atoms with Crippen LogP contribution in [-0.2, 0) is 26.5 Å². The van der Waals surface area contributed by atoms with Gasteiger partial charge in [-0.05, 0) is 86.8 Å². The van der Waals surface area contributed by atoms with Crippen molar-refractivity contribution in [2.75, 3.05) is 0 Å². The van der Waals surface area contributed by atoms with Crippen LogP contribution in [0, 0.1) is 58.7 Å². The van der Waals surface area contributed by atoms with E-state index in [0.717, 1.165) is 62.1 Å². The van der Waals surface area contributed by atoms with Crippen molar-refractivity contribution in [1.29, 1.82) is 0 Å². The number of aromatic nitrogens is 3. The number of benzene rings is 4. The van der Waals surface area contributed by atoms with Gasteiger partial charge in [0.25, 0.3) is 0 Å². The molecule has 4 nitrogen and oxygen atoms in total. The SMILES string of the molecule is Cc1cc(-c2[c-]ccc3c2oc2ccccc23)ncc1CC(C)C.Cc1cnc(-c2[c-]cccc2)cc1C.Cc1cnc(-c2[c-]cccc2)cc1C.[Ir+3]. The Kier molecular flexibility index (Phi) is 13.3. The van der Waals surface area contributed by atoms with Gasteiger partial charge in [-0.2, -0.15) is 0 Å². The molecule has 5 heteroatoms. The zero-order chi connectivity index (χ0) is 36.6. The maximum absolute atomic E-state index is 6.10. The molecule has 0 unspecified atom stereocenters. The minimum atomic E-state index is 0. The number of hydrogen-bond donors (Lipinski definition) is 0. The second-order valence-corrected chi connectivity index (χ2v) is 13.6. The number of fused-ring (bicyclic) bond motifs is 3. The molecule has 266 valence electrons. The predicted octanol–water partition coefficient (Wildman–Crippen LogP) is 12.3. The Bertz CT molecular complexity index is 2330. The number of hydrogen-bond acceptors (Lipinski definition) is 4. The number of rotatable bonds is 5. The zero-order valence-electron chi connectivity index (χ0n) is 31.4. The summed E-state index contributed by atoms with van der Waals surface area (Å²) in [4.78, 5) is 13.4. The van der Waals surface area contributed by atoms with Crippen molar-refractivity contribution in [3.63, 3.8) is 0 Å². The normalized spacial score (nSPS) is 10.6. The molecule has 53 heavy (non-hydrogen) atoms. The summed E-state index contributed by atoms with van der Waals surface area (Å²) in [6, 6.07) is 44.0. The smallest absolute Gasteiger partial charge is 0.501 e. The molecule has 0 radical (unpaired) electrons. The second kappa shape index (κ2) is 18.0. The molecule has 8 rings (SSSR count). The maximum atomic E-state index is 6.10. The van der Waals surface area contributed by atoms with Crippen LogP contribution in [0.4, 0.5) is 0 Å². The van der Waals surface area contributed by atoms with E-state index in [2.05, 4.69) is 107 Å². The molecule has 0 aliphatic carbocycles. The van der Waals surface area contributed by atoms with Gasteiger partial charge < -0.3 is 19.4 Å². The number of aryl methyl sites for hydroxylation is 5. The summed E-state index contributed by atoms with van der Waals surface area (Å²) in [7, 11) is 0. The van der Waals surface area contributed by atoms with Gasteiger partial charge in [-0.1, -0.05) is 77.9 Å². The predicted molar refractivity (Wildman–Crippen MR) is 215 cm³/mol. The number of pyridine rings is 3. The van der Waals surface area contributed by atoms with Crippen LogP contribution in [0.5, 0.6) is 0 Å². The minimum absolute atomic E-state index is 0. The quantitative estimate of drug-likeness (QED) is 0.162. The van der Waals surface area contributed by atoms with E-state index in [1.54, 1.807) is 0 Å². The molecule has 4 aromatic carbocycles. The fourth-order valence-corrected chi connectivity index (χ4v) is 5.90. The van der Waals surface area contributed by atoms with Gasteiger partial charge in [-0.3, -0.25) is 0 Å². The molecule has 8 aromatic rings. The number of nitrogens with zero attached hydrogens (tertiary/aromatic N) is 3. The maximum Gasteiger partial charge on any atom is 3.00 e. The molecule has 0 aliphatic heterocycles. The largest absolute Gasteiger partial charge is 3.00 e. The average Bonchev–Trinajstić information content (AvgIpc) is 3.55. The molecule has 0 atom stereocenters. The standard InChI is InChI=1S/C22H20NO.2C13H12N.Ir/c1-14(2)11-16-13-23-20(12-15(16)3)19-9-6-8-18-17-7-4-5-10-21(17)24-22(18)19;2*1-10-8-13(14-9-11(10)2)12-6-4-3-5-7-12;/h4-8,10,12-14H,11H2,1-3H3;2*3-6,8-9H,1-2H3;/q3*-1;+3. The van der Waals surface area contributed by atoms with E-state index in [-0.39, 0.29) is 20.1 Å². The first-order valence-corrected chi connectivity index (χ1v) is 17.8. The number of furan rings is 1. The van der Waals surface area contributed by atoms with Crippen LogP contribution in [0.3, 0.4) is 0 Å². The van der Waals surface area contributed by atoms with E-state index in [9.17, 15) is 0 Å². The molecular weight excluding hydrogens is 827 g/mol. The Hall–Kier alpha value is -5.22. The minimum Gasteiger partial charge on any atom is -0.501 e. The van der Waals surface area contributed by atoms with Gasteiger partial charge in [-0.25, -0.2) is 0 Å². The Morgan fingerprint density at radius 2 is 1.09 bits per heavy atom. The van der Waals surface area contributed by atoms with Gasteiger partial charge in [-0.15, -0.1) is 90.0 Å². The Morgan fingerprint density at radius 1 is 0.547 bits per heavy atom. The topological polar surface area (TPSA) is 51.8 Å². The molecule has 4 aromatic heterocycles.